The summed E-state index contributed by atoms with van der Waals surface area (Å²) in [5, 5.41) is 3.11. The molecule has 6 heteroatoms. The quantitative estimate of drug-likeness (QED) is 0.820. The minimum Gasteiger partial charge on any atom is -0.333 e. The Morgan fingerprint density at radius 3 is 2.81 bits per heavy atom. The molecule has 0 saturated carbocycles. The highest BCUT2D eigenvalue weighted by Crippen LogP contribution is 2.21. The lowest BCUT2D eigenvalue weighted by molar-refractivity contribution is -0.135. The first kappa shape index (κ1) is 13.0. The second-order valence-corrected chi connectivity index (χ2v) is 3.58. The SMILES string of the molecule is CCNCc1cncn1CCCC(F)(F)F. The number of aryl methyl sites for hydroxylation is 1. The highest BCUT2D eigenvalue weighted by molar-refractivity contribution is 4.97. The molecule has 1 heterocycles. The molecule has 0 aliphatic heterocycles. The van der Waals surface area contributed by atoms with Crippen LogP contribution >= 0.6 is 0 Å². The van der Waals surface area contributed by atoms with E-state index in [2.05, 4.69) is 10.3 Å². The van der Waals surface area contributed by atoms with E-state index in [1.807, 2.05) is 6.92 Å². The minimum atomic E-state index is -4.07. The zero-order chi connectivity index (χ0) is 12.0. The number of alkyl halides is 3. The predicted octanol–water partition coefficient (Wildman–Crippen LogP) is 2.34. The van der Waals surface area contributed by atoms with Crippen molar-refractivity contribution in [2.75, 3.05) is 6.54 Å². The number of halogens is 3. The number of hydrogen-bond acceptors (Lipinski definition) is 2. The summed E-state index contributed by atoms with van der Waals surface area (Å²) in [6.45, 7) is 3.81. The maximum absolute atomic E-state index is 12.0. The Kier molecular flexibility index (Phi) is 4.79. The summed E-state index contributed by atoms with van der Waals surface area (Å²) in [5.41, 5.74) is 0.920. The molecule has 1 aromatic rings. The molecule has 0 aliphatic carbocycles. The Morgan fingerprint density at radius 2 is 2.19 bits per heavy atom. The molecule has 0 saturated heterocycles. The molecule has 1 rings (SSSR count). The van der Waals surface area contributed by atoms with Crippen LogP contribution in [-0.4, -0.2) is 22.3 Å². The Bertz CT molecular complexity index is 307. The maximum Gasteiger partial charge on any atom is 0.389 e. The monoisotopic (exact) mass is 235 g/mol. The van der Waals surface area contributed by atoms with Crippen molar-refractivity contribution in [3.63, 3.8) is 0 Å². The number of imidazole rings is 1. The topological polar surface area (TPSA) is 29.9 Å². The number of aromatic nitrogens is 2. The first-order chi connectivity index (χ1) is 7.53. The first-order valence-electron chi connectivity index (χ1n) is 5.29. The fourth-order valence-corrected chi connectivity index (χ4v) is 1.40. The average molecular weight is 235 g/mol. The molecule has 0 atom stereocenters. The third-order valence-corrected chi connectivity index (χ3v) is 2.21. The standard InChI is InChI=1S/C10H16F3N3/c1-2-14-6-9-7-15-8-16(9)5-3-4-10(11,12)13/h7-8,14H,2-6H2,1H3. The van der Waals surface area contributed by atoms with Crippen LogP contribution in [0.25, 0.3) is 0 Å². The largest absolute Gasteiger partial charge is 0.389 e. The van der Waals surface area contributed by atoms with Crippen LogP contribution in [0.2, 0.25) is 0 Å². The Balaban J connectivity index is 2.38. The molecule has 0 fully saturated rings. The van der Waals surface area contributed by atoms with E-state index in [0.29, 0.717) is 13.1 Å². The predicted molar refractivity (Wildman–Crippen MR) is 54.9 cm³/mol. The van der Waals surface area contributed by atoms with Crippen molar-refractivity contribution < 1.29 is 13.2 Å². The molecule has 1 aromatic heterocycles. The van der Waals surface area contributed by atoms with Crippen LogP contribution in [0.5, 0.6) is 0 Å². The van der Waals surface area contributed by atoms with Crippen LogP contribution in [0.15, 0.2) is 12.5 Å². The van der Waals surface area contributed by atoms with Gasteiger partial charge in [-0.1, -0.05) is 6.92 Å². The van der Waals surface area contributed by atoms with Crippen molar-refractivity contribution in [1.82, 2.24) is 14.9 Å². The van der Waals surface area contributed by atoms with Gasteiger partial charge in [0.15, 0.2) is 0 Å². The second-order valence-electron chi connectivity index (χ2n) is 3.58. The van der Waals surface area contributed by atoms with Crippen LogP contribution in [0.1, 0.15) is 25.5 Å². The highest BCUT2D eigenvalue weighted by Gasteiger charge is 2.26. The van der Waals surface area contributed by atoms with Crippen molar-refractivity contribution in [2.24, 2.45) is 0 Å². The van der Waals surface area contributed by atoms with Crippen molar-refractivity contribution in [2.45, 2.75) is 39.0 Å². The molecule has 0 aliphatic rings. The minimum absolute atomic E-state index is 0.0962. The summed E-state index contributed by atoms with van der Waals surface area (Å²) in [7, 11) is 0. The fraction of sp³-hybridized carbons (Fsp3) is 0.700. The van der Waals surface area contributed by atoms with E-state index in [4.69, 9.17) is 0 Å². The lowest BCUT2D eigenvalue weighted by Gasteiger charge is -2.09. The van der Waals surface area contributed by atoms with E-state index in [1.54, 1.807) is 17.1 Å². The van der Waals surface area contributed by atoms with Gasteiger partial charge in [0.25, 0.3) is 0 Å². The molecular formula is C10H16F3N3. The van der Waals surface area contributed by atoms with Crippen LogP contribution in [0, 0.1) is 0 Å². The van der Waals surface area contributed by atoms with Crippen LogP contribution in [0.4, 0.5) is 13.2 Å². The smallest absolute Gasteiger partial charge is 0.333 e. The van der Waals surface area contributed by atoms with Gasteiger partial charge < -0.3 is 9.88 Å². The molecule has 3 nitrogen and oxygen atoms in total. The Labute approximate surface area is 92.7 Å². The molecular weight excluding hydrogens is 219 g/mol. The lowest BCUT2D eigenvalue weighted by atomic mass is 10.3. The fourth-order valence-electron chi connectivity index (χ4n) is 1.40. The van der Waals surface area contributed by atoms with Gasteiger partial charge in [0.1, 0.15) is 0 Å². The van der Waals surface area contributed by atoms with Crippen molar-refractivity contribution in [1.29, 1.82) is 0 Å². The van der Waals surface area contributed by atoms with Gasteiger partial charge in [0, 0.05) is 25.7 Å². The molecule has 16 heavy (non-hydrogen) atoms. The summed E-state index contributed by atoms with van der Waals surface area (Å²) in [6, 6.07) is 0. The summed E-state index contributed by atoms with van der Waals surface area (Å²) in [4.78, 5) is 3.93. The summed E-state index contributed by atoms with van der Waals surface area (Å²) < 4.78 is 37.6. The van der Waals surface area contributed by atoms with E-state index in [0.717, 1.165) is 12.2 Å². The van der Waals surface area contributed by atoms with Crippen LogP contribution < -0.4 is 5.32 Å². The van der Waals surface area contributed by atoms with Gasteiger partial charge in [-0.05, 0) is 13.0 Å². The van der Waals surface area contributed by atoms with Gasteiger partial charge in [0.2, 0.25) is 0 Å². The molecule has 92 valence electrons. The normalized spacial score (nSPS) is 12.0. The van der Waals surface area contributed by atoms with Gasteiger partial charge in [-0.25, -0.2) is 4.98 Å². The molecule has 0 bridgehead atoms. The molecule has 0 unspecified atom stereocenters. The van der Waals surface area contributed by atoms with Gasteiger partial charge in [-0.3, -0.25) is 0 Å². The van der Waals surface area contributed by atoms with Crippen molar-refractivity contribution in [3.8, 4) is 0 Å². The third kappa shape index (κ3) is 4.65. The molecule has 0 radical (unpaired) electrons. The molecule has 0 spiro atoms. The Morgan fingerprint density at radius 1 is 1.44 bits per heavy atom. The van der Waals surface area contributed by atoms with Gasteiger partial charge in [0.05, 0.1) is 12.0 Å². The summed E-state index contributed by atoms with van der Waals surface area (Å²) in [6.07, 6.45) is -1.47. The third-order valence-electron chi connectivity index (χ3n) is 2.21. The summed E-state index contributed by atoms with van der Waals surface area (Å²) >= 11 is 0. The zero-order valence-electron chi connectivity index (χ0n) is 9.22. The van der Waals surface area contributed by atoms with E-state index < -0.39 is 12.6 Å². The number of nitrogens with one attached hydrogen (secondary N) is 1. The molecule has 0 amide bonds. The van der Waals surface area contributed by atoms with Gasteiger partial charge in [-0.2, -0.15) is 13.2 Å². The Hall–Kier alpha value is -1.04. The van der Waals surface area contributed by atoms with Gasteiger partial charge in [-0.15, -0.1) is 0 Å². The van der Waals surface area contributed by atoms with Crippen molar-refractivity contribution >= 4 is 0 Å². The molecule has 1 N–H and O–H groups in total. The molecule has 0 aromatic carbocycles. The summed E-state index contributed by atoms with van der Waals surface area (Å²) in [5.74, 6) is 0. The second kappa shape index (κ2) is 5.89. The van der Waals surface area contributed by atoms with E-state index in [-0.39, 0.29) is 6.42 Å². The average Bonchev–Trinajstić information content (AvgIpc) is 2.60. The highest BCUT2D eigenvalue weighted by atomic mass is 19.4. The van der Waals surface area contributed by atoms with E-state index in [9.17, 15) is 13.2 Å². The van der Waals surface area contributed by atoms with Crippen LogP contribution in [0.3, 0.4) is 0 Å². The zero-order valence-corrected chi connectivity index (χ0v) is 9.22. The van der Waals surface area contributed by atoms with E-state index in [1.165, 1.54) is 0 Å². The van der Waals surface area contributed by atoms with E-state index >= 15 is 0 Å². The van der Waals surface area contributed by atoms with Crippen molar-refractivity contribution in [3.05, 3.63) is 18.2 Å². The number of hydrogen-bond donors (Lipinski definition) is 1. The van der Waals surface area contributed by atoms with Gasteiger partial charge >= 0.3 is 6.18 Å². The maximum atomic E-state index is 12.0. The number of rotatable bonds is 6. The van der Waals surface area contributed by atoms with Crippen LogP contribution in [-0.2, 0) is 13.1 Å². The number of nitrogens with zero attached hydrogens (tertiary/aromatic N) is 2. The lowest BCUT2D eigenvalue weighted by Crippen LogP contribution is -2.16. The first-order valence-corrected chi connectivity index (χ1v) is 5.29.